The fraction of sp³-hybridized carbons (Fsp3) is 0.800. The number of aliphatic hydroxyl groups excluding tert-OH is 1. The van der Waals surface area contributed by atoms with Crippen LogP contribution >= 0.6 is 0 Å². The Hall–Kier alpha value is -0.123. The van der Waals surface area contributed by atoms with Gasteiger partial charge in [0.05, 0.1) is 14.2 Å². The highest BCUT2D eigenvalue weighted by Crippen LogP contribution is 2.02. The van der Waals surface area contributed by atoms with Crippen molar-refractivity contribution in [3.8, 4) is 0 Å². The molecule has 0 aromatic rings. The average Bonchev–Trinajstić information content (AvgIpc) is 2.00. The third-order valence-corrected chi connectivity index (χ3v) is 2.79. The molecule has 0 unspecified atom stereocenters. The molecule has 0 aliphatic rings. The fourth-order valence-electron chi connectivity index (χ4n) is 0.895. The summed E-state index contributed by atoms with van der Waals surface area (Å²) in [5.74, 6) is 0. The number of rotatable bonds is 6. The maximum absolute atomic E-state index is 9.51. The number of hydrogen-bond donors (Lipinski definition) is 2. The van der Waals surface area contributed by atoms with Gasteiger partial charge in [0.2, 0.25) is 0 Å². The number of nitrogens with one attached hydrogen (secondary N) is 1. The Morgan fingerprint density at radius 3 is 2.46 bits per heavy atom. The molecule has 0 saturated heterocycles. The van der Waals surface area contributed by atoms with E-state index in [-0.39, 0.29) is 6.10 Å². The molecule has 0 saturated carbocycles. The number of hydrogen-bond acceptors (Lipinski definition) is 2. The Bertz CT molecular complexity index is 151. The van der Waals surface area contributed by atoms with Crippen LogP contribution < -0.4 is 5.32 Å². The predicted molar refractivity (Wildman–Crippen MR) is 61.7 cm³/mol. The van der Waals surface area contributed by atoms with Gasteiger partial charge in [0.1, 0.15) is 0 Å². The molecule has 2 N–H and O–H groups in total. The molecule has 78 valence electrons. The fourth-order valence-corrected chi connectivity index (χ4v) is 1.69. The molecular formula is C10H23NOSi. The minimum Gasteiger partial charge on any atom is -0.388 e. The maximum atomic E-state index is 9.51. The van der Waals surface area contributed by atoms with Gasteiger partial charge in [-0.05, 0) is 13.0 Å². The molecule has 0 radical (unpaired) electrons. The molecule has 0 spiro atoms. The van der Waals surface area contributed by atoms with Crippen LogP contribution in [0.1, 0.15) is 13.3 Å². The SMILES string of the molecule is CCCNC[C@H](O)/C=C\[Si](C)(C)C. The van der Waals surface area contributed by atoms with Crippen molar-refractivity contribution in [2.75, 3.05) is 13.1 Å². The number of aliphatic hydroxyl groups is 1. The lowest BCUT2D eigenvalue weighted by molar-refractivity contribution is 0.219. The third kappa shape index (κ3) is 9.79. The van der Waals surface area contributed by atoms with Gasteiger partial charge in [0.15, 0.2) is 0 Å². The van der Waals surface area contributed by atoms with E-state index in [9.17, 15) is 5.11 Å². The Labute approximate surface area is 83.1 Å². The Balaban J connectivity index is 3.61. The molecule has 0 aromatic carbocycles. The van der Waals surface area contributed by atoms with Crippen molar-refractivity contribution >= 4 is 8.07 Å². The van der Waals surface area contributed by atoms with Crippen molar-refractivity contribution in [1.29, 1.82) is 0 Å². The van der Waals surface area contributed by atoms with Crippen LogP contribution in [0.5, 0.6) is 0 Å². The Morgan fingerprint density at radius 2 is 2.00 bits per heavy atom. The van der Waals surface area contributed by atoms with E-state index in [1.165, 1.54) is 0 Å². The van der Waals surface area contributed by atoms with E-state index < -0.39 is 8.07 Å². The lowest BCUT2D eigenvalue weighted by Gasteiger charge is -2.11. The van der Waals surface area contributed by atoms with Gasteiger partial charge < -0.3 is 10.4 Å². The average molecular weight is 201 g/mol. The summed E-state index contributed by atoms with van der Waals surface area (Å²) in [7, 11) is -1.14. The van der Waals surface area contributed by atoms with Crippen molar-refractivity contribution in [2.45, 2.75) is 39.1 Å². The van der Waals surface area contributed by atoms with Gasteiger partial charge in [-0.1, -0.05) is 38.3 Å². The third-order valence-electron chi connectivity index (χ3n) is 1.60. The summed E-state index contributed by atoms with van der Waals surface area (Å²) >= 11 is 0. The Morgan fingerprint density at radius 1 is 1.38 bits per heavy atom. The molecule has 1 atom stereocenters. The van der Waals surface area contributed by atoms with Gasteiger partial charge >= 0.3 is 0 Å². The molecule has 0 aliphatic carbocycles. The molecule has 0 rings (SSSR count). The van der Waals surface area contributed by atoms with Crippen LogP contribution in [0.25, 0.3) is 0 Å². The summed E-state index contributed by atoms with van der Waals surface area (Å²) in [5, 5.41) is 12.7. The van der Waals surface area contributed by atoms with Crippen LogP contribution in [-0.2, 0) is 0 Å². The minimum absolute atomic E-state index is 0.321. The van der Waals surface area contributed by atoms with Gasteiger partial charge in [-0.15, -0.1) is 0 Å². The van der Waals surface area contributed by atoms with E-state index >= 15 is 0 Å². The van der Waals surface area contributed by atoms with Crippen molar-refractivity contribution in [3.63, 3.8) is 0 Å². The molecule has 0 aliphatic heterocycles. The van der Waals surface area contributed by atoms with Crippen molar-refractivity contribution < 1.29 is 5.11 Å². The summed E-state index contributed by atoms with van der Waals surface area (Å²) < 4.78 is 0. The largest absolute Gasteiger partial charge is 0.388 e. The van der Waals surface area contributed by atoms with Crippen LogP contribution in [0.4, 0.5) is 0 Å². The van der Waals surface area contributed by atoms with Crippen LogP contribution in [-0.4, -0.2) is 32.4 Å². The first kappa shape index (κ1) is 12.9. The van der Waals surface area contributed by atoms with Crippen LogP contribution in [0, 0.1) is 0 Å². The first-order valence-electron chi connectivity index (χ1n) is 5.04. The highest BCUT2D eigenvalue weighted by molar-refractivity contribution is 6.80. The molecular weight excluding hydrogens is 178 g/mol. The zero-order valence-corrected chi connectivity index (χ0v) is 10.3. The molecule has 13 heavy (non-hydrogen) atoms. The van der Waals surface area contributed by atoms with E-state index in [4.69, 9.17) is 0 Å². The zero-order valence-electron chi connectivity index (χ0n) is 9.30. The van der Waals surface area contributed by atoms with Crippen molar-refractivity contribution in [1.82, 2.24) is 5.32 Å². The normalized spacial score (nSPS) is 15.2. The second-order valence-electron chi connectivity index (χ2n) is 4.50. The molecule has 0 fully saturated rings. The van der Waals surface area contributed by atoms with Gasteiger partial charge in [-0.2, -0.15) is 0 Å². The second-order valence-corrected chi connectivity index (χ2v) is 9.56. The maximum Gasteiger partial charge on any atom is 0.0841 e. The standard InChI is InChI=1S/C10H23NOSi/c1-5-7-11-9-10(12)6-8-13(2,3)4/h6,8,10-12H,5,7,9H2,1-4H3/b8-6-/t10-/m1/s1. The summed E-state index contributed by atoms with van der Waals surface area (Å²) in [5.41, 5.74) is 2.19. The monoisotopic (exact) mass is 201 g/mol. The topological polar surface area (TPSA) is 32.3 Å². The summed E-state index contributed by atoms with van der Waals surface area (Å²) in [6, 6.07) is 0. The summed E-state index contributed by atoms with van der Waals surface area (Å²) in [6.07, 6.45) is 2.72. The Kier molecular flexibility index (Phi) is 6.29. The highest BCUT2D eigenvalue weighted by Gasteiger charge is 2.08. The van der Waals surface area contributed by atoms with Crippen molar-refractivity contribution in [2.24, 2.45) is 0 Å². The molecule has 2 nitrogen and oxygen atoms in total. The lowest BCUT2D eigenvalue weighted by atomic mass is 10.3. The predicted octanol–water partition coefficient (Wildman–Crippen LogP) is 1.78. The zero-order chi connectivity index (χ0) is 10.3. The van der Waals surface area contributed by atoms with E-state index in [1.54, 1.807) is 0 Å². The van der Waals surface area contributed by atoms with Gasteiger partial charge in [0, 0.05) is 6.54 Å². The smallest absolute Gasteiger partial charge is 0.0841 e. The molecule has 0 heterocycles. The minimum atomic E-state index is -1.14. The van der Waals surface area contributed by atoms with E-state index in [0.29, 0.717) is 6.54 Å². The summed E-state index contributed by atoms with van der Waals surface area (Å²) in [6.45, 7) is 10.6. The van der Waals surface area contributed by atoms with Crippen LogP contribution in [0.15, 0.2) is 11.8 Å². The highest BCUT2D eigenvalue weighted by atomic mass is 28.3. The van der Waals surface area contributed by atoms with Gasteiger partial charge in [-0.25, -0.2) is 0 Å². The molecule has 3 heteroatoms. The quantitative estimate of drug-likeness (QED) is 0.507. The first-order chi connectivity index (χ1) is 5.95. The van der Waals surface area contributed by atoms with Gasteiger partial charge in [0.25, 0.3) is 0 Å². The van der Waals surface area contributed by atoms with E-state index in [2.05, 4.69) is 37.6 Å². The molecule has 0 bridgehead atoms. The van der Waals surface area contributed by atoms with E-state index in [0.717, 1.165) is 13.0 Å². The van der Waals surface area contributed by atoms with Crippen LogP contribution in [0.2, 0.25) is 19.6 Å². The second kappa shape index (κ2) is 6.35. The van der Waals surface area contributed by atoms with Crippen molar-refractivity contribution in [3.05, 3.63) is 11.8 Å². The molecule has 0 aromatic heterocycles. The lowest BCUT2D eigenvalue weighted by Crippen LogP contribution is -2.27. The van der Waals surface area contributed by atoms with E-state index in [1.807, 2.05) is 6.08 Å². The van der Waals surface area contributed by atoms with Crippen LogP contribution in [0.3, 0.4) is 0 Å². The summed E-state index contributed by atoms with van der Waals surface area (Å²) in [4.78, 5) is 0. The van der Waals surface area contributed by atoms with Gasteiger partial charge in [-0.3, -0.25) is 0 Å². The first-order valence-corrected chi connectivity index (χ1v) is 8.61. The molecule has 0 amide bonds.